The number of carbonyl (C=O) groups excluding carboxylic acids is 1. The normalized spacial score (nSPS) is 14.4. The molecule has 7 heteroatoms. The zero-order chi connectivity index (χ0) is 34.6. The number of hydrogen-bond donors (Lipinski definition) is 0. The molecule has 0 N–H and O–H groups in total. The van der Waals surface area contributed by atoms with Gasteiger partial charge in [0.1, 0.15) is 11.4 Å². The van der Waals surface area contributed by atoms with E-state index >= 15 is 0 Å². The number of hydrogen-bond acceptors (Lipinski definition) is 5. The molecule has 0 saturated carbocycles. The molecular formula is C43H42N6O. The molecule has 0 radical (unpaired) electrons. The van der Waals surface area contributed by atoms with Gasteiger partial charge >= 0.3 is 0 Å². The molecule has 5 aromatic carbocycles. The Hall–Kier alpha value is -5.69. The van der Waals surface area contributed by atoms with E-state index in [1.165, 1.54) is 0 Å². The molecule has 7 nitrogen and oxygen atoms in total. The smallest absolute Gasteiger partial charge is 0.230 e. The molecule has 1 amide bonds. The van der Waals surface area contributed by atoms with Crippen LogP contribution in [0.1, 0.15) is 68.7 Å². The van der Waals surface area contributed by atoms with Crippen molar-refractivity contribution in [2.45, 2.75) is 64.1 Å². The van der Waals surface area contributed by atoms with E-state index in [1.54, 1.807) is 0 Å². The van der Waals surface area contributed by atoms with Gasteiger partial charge in [0.25, 0.3) is 0 Å². The molecule has 1 aromatic heterocycles. The third-order valence-electron chi connectivity index (χ3n) is 9.52. The number of unbranched alkanes of at least 4 members (excludes halogenated alkanes) is 1. The van der Waals surface area contributed by atoms with E-state index in [0.717, 1.165) is 64.0 Å². The summed E-state index contributed by atoms with van der Waals surface area (Å²) in [5.74, 6) is 1.68. The minimum Gasteiger partial charge on any atom is -0.296 e. The van der Waals surface area contributed by atoms with E-state index in [0.29, 0.717) is 18.8 Å². The number of tetrazole rings is 1. The third kappa shape index (κ3) is 6.27. The summed E-state index contributed by atoms with van der Waals surface area (Å²) in [6.07, 6.45) is 3.29. The van der Waals surface area contributed by atoms with Crippen LogP contribution in [0.3, 0.4) is 0 Å². The highest BCUT2D eigenvalue weighted by atomic mass is 16.2. The lowest BCUT2D eigenvalue weighted by atomic mass is 9.77. The molecule has 1 aliphatic rings. The molecule has 1 aliphatic heterocycles. The molecule has 50 heavy (non-hydrogen) atoms. The molecule has 7 rings (SSSR count). The van der Waals surface area contributed by atoms with E-state index in [4.69, 9.17) is 15.3 Å². The predicted molar refractivity (Wildman–Crippen MR) is 200 cm³/mol. The largest absolute Gasteiger partial charge is 0.296 e. The second-order valence-electron chi connectivity index (χ2n) is 13.6. The average Bonchev–Trinajstić information content (AvgIpc) is 3.64. The molecule has 0 fully saturated rings. The van der Waals surface area contributed by atoms with Gasteiger partial charge in [-0.2, -0.15) is 0 Å². The maximum absolute atomic E-state index is 13.3. The van der Waals surface area contributed by atoms with Gasteiger partial charge in [0, 0.05) is 12.0 Å². The molecular weight excluding hydrogens is 617 g/mol. The van der Waals surface area contributed by atoms with Crippen molar-refractivity contribution < 1.29 is 4.79 Å². The van der Waals surface area contributed by atoms with Gasteiger partial charge in [-0.25, -0.2) is 4.68 Å². The second kappa shape index (κ2) is 14.0. The molecule has 0 unspecified atom stereocenters. The zero-order valence-electron chi connectivity index (χ0n) is 28.9. The van der Waals surface area contributed by atoms with Crippen LogP contribution < -0.4 is 0 Å². The van der Waals surface area contributed by atoms with Gasteiger partial charge in [-0.3, -0.25) is 14.7 Å². The van der Waals surface area contributed by atoms with Crippen LogP contribution in [0, 0.1) is 0 Å². The number of aromatic nitrogens is 4. The lowest BCUT2D eigenvalue weighted by Gasteiger charge is -2.36. The highest BCUT2D eigenvalue weighted by molar-refractivity contribution is 6.00. The number of benzene rings is 5. The van der Waals surface area contributed by atoms with Crippen LogP contribution in [0.2, 0.25) is 0 Å². The van der Waals surface area contributed by atoms with Gasteiger partial charge in [-0.1, -0.05) is 153 Å². The molecule has 0 bridgehead atoms. The molecule has 2 heterocycles. The summed E-state index contributed by atoms with van der Waals surface area (Å²) in [4.78, 5) is 20.2. The fourth-order valence-electron chi connectivity index (χ4n) is 7.15. The molecule has 0 aliphatic carbocycles. The minimum atomic E-state index is -0.855. The van der Waals surface area contributed by atoms with Crippen LogP contribution in [0.4, 0.5) is 0 Å². The standard InChI is InChI=1S/C43H42N6O/c1-4-5-25-39-44-42(2,3)30-40(50)48(39)31-32-26-28-33(29-27-32)37-23-15-16-24-38(37)41-45-46-47-49(41)43(34-17-9-6-10-18-34,35-19-11-7-12-20-35)36-21-13-8-14-22-36/h6-24,26-29H,4-5,25,30-31H2,1-3H3. The number of nitrogens with zero attached hydrogens (tertiary/aromatic N) is 6. The van der Waals surface area contributed by atoms with Crippen LogP contribution >= 0.6 is 0 Å². The Balaban J connectivity index is 1.31. The summed E-state index contributed by atoms with van der Waals surface area (Å²) < 4.78 is 1.97. The maximum atomic E-state index is 13.3. The maximum Gasteiger partial charge on any atom is 0.230 e. The van der Waals surface area contributed by atoms with Gasteiger partial charge in [-0.05, 0) is 64.1 Å². The Bertz CT molecular complexity index is 1990. The molecule has 0 spiro atoms. The van der Waals surface area contributed by atoms with Crippen molar-refractivity contribution in [1.82, 2.24) is 25.1 Å². The Kier molecular flexibility index (Phi) is 9.22. The number of aliphatic imine (C=N–C) groups is 1. The topological polar surface area (TPSA) is 76.3 Å². The van der Waals surface area contributed by atoms with Crippen LogP contribution in [0.5, 0.6) is 0 Å². The second-order valence-corrected chi connectivity index (χ2v) is 13.6. The first-order valence-corrected chi connectivity index (χ1v) is 17.4. The van der Waals surface area contributed by atoms with Crippen molar-refractivity contribution >= 4 is 11.7 Å². The van der Waals surface area contributed by atoms with E-state index in [9.17, 15) is 4.79 Å². The van der Waals surface area contributed by atoms with Crippen molar-refractivity contribution in [2.24, 2.45) is 4.99 Å². The third-order valence-corrected chi connectivity index (χ3v) is 9.52. The van der Waals surface area contributed by atoms with Gasteiger partial charge in [-0.15, -0.1) is 5.10 Å². The Labute approximate surface area is 294 Å². The van der Waals surface area contributed by atoms with Crippen molar-refractivity contribution in [2.75, 3.05) is 0 Å². The van der Waals surface area contributed by atoms with Crippen LogP contribution in [-0.4, -0.2) is 42.4 Å². The SMILES string of the molecule is CCCCC1=NC(C)(C)CC(=O)N1Cc1ccc(-c2ccccc2-c2nnnn2C(c2ccccc2)(c2ccccc2)c2ccccc2)cc1. The van der Waals surface area contributed by atoms with Crippen molar-refractivity contribution in [3.05, 3.63) is 162 Å². The summed E-state index contributed by atoms with van der Waals surface area (Å²) >= 11 is 0. The van der Waals surface area contributed by atoms with E-state index in [2.05, 4.69) is 121 Å². The lowest BCUT2D eigenvalue weighted by molar-refractivity contribution is -0.129. The van der Waals surface area contributed by atoms with Crippen molar-refractivity contribution in [1.29, 1.82) is 0 Å². The first-order chi connectivity index (χ1) is 24.4. The van der Waals surface area contributed by atoms with Crippen LogP contribution in [-0.2, 0) is 16.9 Å². The number of amides is 1. The van der Waals surface area contributed by atoms with Gasteiger partial charge < -0.3 is 0 Å². The monoisotopic (exact) mass is 658 g/mol. The highest BCUT2D eigenvalue weighted by Crippen LogP contribution is 2.43. The van der Waals surface area contributed by atoms with Gasteiger partial charge in [0.05, 0.1) is 18.5 Å². The van der Waals surface area contributed by atoms with E-state index in [-0.39, 0.29) is 11.4 Å². The fraction of sp³-hybridized carbons (Fsp3) is 0.233. The molecule has 0 atom stereocenters. The summed E-state index contributed by atoms with van der Waals surface area (Å²) in [6, 6.07) is 48.1. The minimum absolute atomic E-state index is 0.135. The number of carbonyl (C=O) groups is 1. The van der Waals surface area contributed by atoms with Crippen molar-refractivity contribution in [3.63, 3.8) is 0 Å². The summed E-state index contributed by atoms with van der Waals surface area (Å²) in [7, 11) is 0. The first-order valence-electron chi connectivity index (χ1n) is 17.4. The summed E-state index contributed by atoms with van der Waals surface area (Å²) in [6.45, 7) is 6.76. The van der Waals surface area contributed by atoms with Crippen LogP contribution in [0.15, 0.2) is 145 Å². The van der Waals surface area contributed by atoms with Crippen molar-refractivity contribution in [3.8, 4) is 22.5 Å². The Morgan fingerprint density at radius 2 is 1.24 bits per heavy atom. The quantitative estimate of drug-likeness (QED) is 0.130. The lowest BCUT2D eigenvalue weighted by Crippen LogP contribution is -2.45. The number of amidine groups is 1. The highest BCUT2D eigenvalue weighted by Gasteiger charge is 2.42. The summed E-state index contributed by atoms with van der Waals surface area (Å²) in [5.41, 5.74) is 5.95. The summed E-state index contributed by atoms with van der Waals surface area (Å²) in [5, 5.41) is 13.8. The Morgan fingerprint density at radius 1 is 0.700 bits per heavy atom. The molecule has 6 aromatic rings. The Morgan fingerprint density at radius 3 is 1.80 bits per heavy atom. The average molecular weight is 659 g/mol. The molecule has 0 saturated heterocycles. The number of rotatable bonds is 11. The first kappa shape index (κ1) is 32.8. The van der Waals surface area contributed by atoms with Gasteiger partial charge in [0.15, 0.2) is 5.82 Å². The van der Waals surface area contributed by atoms with Gasteiger partial charge in [0.2, 0.25) is 5.91 Å². The van der Waals surface area contributed by atoms with E-state index in [1.807, 2.05) is 53.8 Å². The van der Waals surface area contributed by atoms with E-state index < -0.39 is 5.54 Å². The molecule has 250 valence electrons. The van der Waals surface area contributed by atoms with Crippen LogP contribution in [0.25, 0.3) is 22.5 Å². The zero-order valence-corrected chi connectivity index (χ0v) is 28.9. The predicted octanol–water partition coefficient (Wildman–Crippen LogP) is 8.95. The fourth-order valence-corrected chi connectivity index (χ4v) is 7.15.